The van der Waals surface area contributed by atoms with Crippen LogP contribution < -0.4 is 11.3 Å². The molecule has 0 aliphatic carbocycles. The van der Waals surface area contributed by atoms with Crippen molar-refractivity contribution in [1.82, 2.24) is 5.43 Å². The van der Waals surface area contributed by atoms with Gasteiger partial charge in [-0.2, -0.15) is 0 Å². The maximum Gasteiger partial charge on any atom is 0.0821 e. The van der Waals surface area contributed by atoms with Gasteiger partial charge >= 0.3 is 0 Å². The predicted octanol–water partition coefficient (Wildman–Crippen LogP) is 1.43. The number of hydrazine groups is 1. The fourth-order valence-corrected chi connectivity index (χ4v) is 2.04. The molecule has 1 aliphatic heterocycles. The molecular formula is C10H22N2O. The SMILES string of the molecule is CC(C)CC(NN)C1(C)CCCO1. The third-order valence-corrected chi connectivity index (χ3v) is 2.89. The highest BCUT2D eigenvalue weighted by Gasteiger charge is 2.37. The van der Waals surface area contributed by atoms with Crippen molar-refractivity contribution < 1.29 is 4.74 Å². The van der Waals surface area contributed by atoms with Crippen LogP contribution in [0.2, 0.25) is 0 Å². The minimum absolute atomic E-state index is 0.0426. The van der Waals surface area contributed by atoms with Crippen molar-refractivity contribution in [2.45, 2.75) is 51.7 Å². The van der Waals surface area contributed by atoms with Gasteiger partial charge in [0.25, 0.3) is 0 Å². The Kier molecular flexibility index (Phi) is 3.71. The van der Waals surface area contributed by atoms with Gasteiger partial charge in [-0.15, -0.1) is 0 Å². The summed E-state index contributed by atoms with van der Waals surface area (Å²) in [5, 5.41) is 0. The average Bonchev–Trinajstić information content (AvgIpc) is 2.48. The van der Waals surface area contributed by atoms with Gasteiger partial charge in [-0.05, 0) is 32.1 Å². The monoisotopic (exact) mass is 186 g/mol. The van der Waals surface area contributed by atoms with Gasteiger partial charge in [0.15, 0.2) is 0 Å². The zero-order valence-corrected chi connectivity index (χ0v) is 8.97. The lowest BCUT2D eigenvalue weighted by Gasteiger charge is -2.33. The van der Waals surface area contributed by atoms with Gasteiger partial charge in [-0.25, -0.2) is 0 Å². The van der Waals surface area contributed by atoms with Crippen molar-refractivity contribution >= 4 is 0 Å². The Bertz CT molecular complexity index is 153. The molecule has 0 bridgehead atoms. The first-order valence-electron chi connectivity index (χ1n) is 5.18. The Morgan fingerprint density at radius 3 is 2.62 bits per heavy atom. The van der Waals surface area contributed by atoms with E-state index in [9.17, 15) is 0 Å². The van der Waals surface area contributed by atoms with Crippen LogP contribution >= 0.6 is 0 Å². The molecule has 0 amide bonds. The highest BCUT2D eigenvalue weighted by molar-refractivity contribution is 4.91. The first-order chi connectivity index (χ1) is 6.08. The molecule has 1 rings (SSSR count). The summed E-state index contributed by atoms with van der Waals surface area (Å²) in [5.41, 5.74) is 2.85. The number of nitrogens with one attached hydrogen (secondary N) is 1. The van der Waals surface area contributed by atoms with Crippen molar-refractivity contribution in [2.75, 3.05) is 6.61 Å². The third-order valence-electron chi connectivity index (χ3n) is 2.89. The van der Waals surface area contributed by atoms with Crippen molar-refractivity contribution in [3.8, 4) is 0 Å². The summed E-state index contributed by atoms with van der Waals surface area (Å²) in [5.74, 6) is 6.21. The van der Waals surface area contributed by atoms with Crippen LogP contribution in [0.25, 0.3) is 0 Å². The number of hydrogen-bond donors (Lipinski definition) is 2. The molecule has 3 heteroatoms. The van der Waals surface area contributed by atoms with E-state index in [1.165, 1.54) is 0 Å². The van der Waals surface area contributed by atoms with Gasteiger partial charge < -0.3 is 4.74 Å². The second-order valence-electron chi connectivity index (χ2n) is 4.61. The molecule has 1 fully saturated rings. The van der Waals surface area contributed by atoms with E-state index in [-0.39, 0.29) is 11.6 Å². The lowest BCUT2D eigenvalue weighted by atomic mass is 9.87. The van der Waals surface area contributed by atoms with Crippen molar-refractivity contribution in [3.05, 3.63) is 0 Å². The molecular weight excluding hydrogens is 164 g/mol. The number of ether oxygens (including phenoxy) is 1. The van der Waals surface area contributed by atoms with E-state index in [0.29, 0.717) is 5.92 Å². The fraction of sp³-hybridized carbons (Fsp3) is 1.00. The van der Waals surface area contributed by atoms with E-state index in [0.717, 1.165) is 25.9 Å². The second kappa shape index (κ2) is 4.40. The Hall–Kier alpha value is -0.120. The van der Waals surface area contributed by atoms with Crippen molar-refractivity contribution in [3.63, 3.8) is 0 Å². The molecule has 3 nitrogen and oxygen atoms in total. The normalized spacial score (nSPS) is 31.2. The largest absolute Gasteiger partial charge is 0.374 e. The van der Waals surface area contributed by atoms with E-state index in [1.807, 2.05) is 0 Å². The minimum Gasteiger partial charge on any atom is -0.374 e. The van der Waals surface area contributed by atoms with Crippen molar-refractivity contribution in [2.24, 2.45) is 11.8 Å². The summed E-state index contributed by atoms with van der Waals surface area (Å²) in [7, 11) is 0. The van der Waals surface area contributed by atoms with Gasteiger partial charge in [0, 0.05) is 6.61 Å². The molecule has 3 N–H and O–H groups in total. The maximum absolute atomic E-state index is 5.75. The molecule has 0 spiro atoms. The number of nitrogens with two attached hydrogens (primary N) is 1. The highest BCUT2D eigenvalue weighted by atomic mass is 16.5. The molecule has 0 radical (unpaired) electrons. The molecule has 0 aromatic rings. The van der Waals surface area contributed by atoms with Crippen LogP contribution in [0, 0.1) is 5.92 Å². The third kappa shape index (κ3) is 2.66. The second-order valence-corrected chi connectivity index (χ2v) is 4.61. The van der Waals surface area contributed by atoms with Crippen LogP contribution in [0.5, 0.6) is 0 Å². The van der Waals surface area contributed by atoms with E-state index in [2.05, 4.69) is 26.2 Å². The van der Waals surface area contributed by atoms with Gasteiger partial charge in [-0.3, -0.25) is 11.3 Å². The van der Waals surface area contributed by atoms with Crippen LogP contribution in [0.15, 0.2) is 0 Å². The molecule has 1 aliphatic rings. The topological polar surface area (TPSA) is 47.3 Å². The zero-order valence-electron chi connectivity index (χ0n) is 8.97. The summed E-state index contributed by atoms with van der Waals surface area (Å²) < 4.78 is 5.75. The van der Waals surface area contributed by atoms with Gasteiger partial charge in [0.05, 0.1) is 11.6 Å². The first kappa shape index (κ1) is 11.0. The van der Waals surface area contributed by atoms with E-state index in [1.54, 1.807) is 0 Å². The maximum atomic E-state index is 5.75. The summed E-state index contributed by atoms with van der Waals surface area (Å²) >= 11 is 0. The molecule has 0 aromatic heterocycles. The van der Waals surface area contributed by atoms with E-state index >= 15 is 0 Å². The summed E-state index contributed by atoms with van der Waals surface area (Å²) in [6.07, 6.45) is 3.36. The van der Waals surface area contributed by atoms with Crippen LogP contribution in [0.1, 0.15) is 40.0 Å². The average molecular weight is 186 g/mol. The Morgan fingerprint density at radius 2 is 2.23 bits per heavy atom. The summed E-state index contributed by atoms with van der Waals surface area (Å²) in [4.78, 5) is 0. The lowest BCUT2D eigenvalue weighted by Crippen LogP contribution is -2.51. The Balaban J connectivity index is 2.53. The molecule has 2 unspecified atom stereocenters. The molecule has 1 heterocycles. The number of hydrogen-bond acceptors (Lipinski definition) is 3. The van der Waals surface area contributed by atoms with Gasteiger partial charge in [0.1, 0.15) is 0 Å². The molecule has 78 valence electrons. The zero-order chi connectivity index (χ0) is 9.90. The Morgan fingerprint density at radius 1 is 1.54 bits per heavy atom. The molecule has 13 heavy (non-hydrogen) atoms. The number of rotatable bonds is 4. The van der Waals surface area contributed by atoms with Gasteiger partial charge in [-0.1, -0.05) is 13.8 Å². The lowest BCUT2D eigenvalue weighted by molar-refractivity contribution is -0.0170. The molecule has 2 atom stereocenters. The smallest absolute Gasteiger partial charge is 0.0821 e. The van der Waals surface area contributed by atoms with E-state index < -0.39 is 0 Å². The minimum atomic E-state index is -0.0426. The standard InChI is InChI=1S/C10H22N2O/c1-8(2)7-9(12-11)10(3)5-4-6-13-10/h8-9,12H,4-7,11H2,1-3H3. The molecule has 1 saturated heterocycles. The Labute approximate surface area is 81.0 Å². The van der Waals surface area contributed by atoms with Crippen LogP contribution in [-0.2, 0) is 4.74 Å². The predicted molar refractivity (Wildman–Crippen MR) is 54.2 cm³/mol. The quantitative estimate of drug-likeness (QED) is 0.516. The van der Waals surface area contributed by atoms with Gasteiger partial charge in [0.2, 0.25) is 0 Å². The summed E-state index contributed by atoms with van der Waals surface area (Å²) in [6, 6.07) is 0.287. The molecule has 0 aromatic carbocycles. The van der Waals surface area contributed by atoms with Crippen LogP contribution in [0.3, 0.4) is 0 Å². The van der Waals surface area contributed by atoms with Crippen LogP contribution in [-0.4, -0.2) is 18.2 Å². The first-order valence-corrected chi connectivity index (χ1v) is 5.18. The van der Waals surface area contributed by atoms with Crippen LogP contribution in [0.4, 0.5) is 0 Å². The highest BCUT2D eigenvalue weighted by Crippen LogP contribution is 2.31. The molecule has 0 saturated carbocycles. The van der Waals surface area contributed by atoms with E-state index in [4.69, 9.17) is 10.6 Å². The fourth-order valence-electron chi connectivity index (χ4n) is 2.04. The van der Waals surface area contributed by atoms with Crippen molar-refractivity contribution in [1.29, 1.82) is 0 Å². The summed E-state index contributed by atoms with van der Waals surface area (Å²) in [6.45, 7) is 7.46.